The maximum Gasteiger partial charge on any atom is 0.264 e. The number of carbonyl (C=O) groups excluding carboxylic acids is 1. The van der Waals surface area contributed by atoms with Crippen LogP contribution in [0.3, 0.4) is 0 Å². The van der Waals surface area contributed by atoms with Crippen LogP contribution in [0.2, 0.25) is 0 Å². The SMILES string of the molecule is COc1ccccc1-c1nc(CSC2=NNC(=O)C3CC(c4cccs4)NN23)c(C)o1. The van der Waals surface area contributed by atoms with Crippen LogP contribution in [0.1, 0.15) is 28.8 Å². The molecular formula is C21H21N5O3S2. The van der Waals surface area contributed by atoms with Gasteiger partial charge in [0.15, 0.2) is 5.17 Å². The fraction of sp³-hybridized carbons (Fsp3) is 0.286. The van der Waals surface area contributed by atoms with Crippen molar-refractivity contribution in [2.75, 3.05) is 7.11 Å². The van der Waals surface area contributed by atoms with Gasteiger partial charge in [-0.3, -0.25) is 9.80 Å². The lowest BCUT2D eigenvalue weighted by atomic mass is 10.1. The molecule has 0 bridgehead atoms. The van der Waals surface area contributed by atoms with Gasteiger partial charge in [0.05, 0.1) is 24.4 Å². The van der Waals surface area contributed by atoms with Crippen LogP contribution in [-0.4, -0.2) is 34.2 Å². The van der Waals surface area contributed by atoms with Crippen molar-refractivity contribution in [3.8, 4) is 17.2 Å². The summed E-state index contributed by atoms with van der Waals surface area (Å²) in [6.45, 7) is 1.90. The fourth-order valence-electron chi connectivity index (χ4n) is 3.69. The smallest absolute Gasteiger partial charge is 0.264 e. The zero-order valence-electron chi connectivity index (χ0n) is 17.0. The van der Waals surface area contributed by atoms with E-state index < -0.39 is 0 Å². The van der Waals surface area contributed by atoms with Gasteiger partial charge in [-0.2, -0.15) is 0 Å². The highest BCUT2D eigenvalue weighted by Crippen LogP contribution is 2.35. The number of para-hydroxylation sites is 1. The number of hydrogen-bond acceptors (Lipinski definition) is 9. The lowest BCUT2D eigenvalue weighted by molar-refractivity contribution is -0.125. The number of carbonyl (C=O) groups is 1. The van der Waals surface area contributed by atoms with Gasteiger partial charge in [0.2, 0.25) is 5.89 Å². The fourth-order valence-corrected chi connectivity index (χ4v) is 5.43. The van der Waals surface area contributed by atoms with Gasteiger partial charge >= 0.3 is 0 Å². The number of benzene rings is 1. The number of oxazole rings is 1. The Labute approximate surface area is 187 Å². The van der Waals surface area contributed by atoms with Gasteiger partial charge < -0.3 is 9.15 Å². The number of amides is 1. The highest BCUT2D eigenvalue weighted by atomic mass is 32.2. The molecule has 1 saturated heterocycles. The number of methoxy groups -OCH3 is 1. The number of hydrogen-bond donors (Lipinski definition) is 2. The van der Waals surface area contributed by atoms with Crippen LogP contribution >= 0.6 is 23.1 Å². The van der Waals surface area contributed by atoms with Gasteiger partial charge in [0.1, 0.15) is 17.6 Å². The summed E-state index contributed by atoms with van der Waals surface area (Å²) in [5, 5.41) is 8.91. The van der Waals surface area contributed by atoms with E-state index in [2.05, 4.69) is 27.0 Å². The molecule has 2 aromatic heterocycles. The molecule has 8 nitrogen and oxygen atoms in total. The molecule has 0 radical (unpaired) electrons. The molecule has 0 saturated carbocycles. The Bertz CT molecular complexity index is 1130. The number of hydrazine groups is 1. The minimum absolute atomic E-state index is 0.0908. The standard InChI is InChI=1S/C21H21N5O3S2/c1-12-15(22-20(29-12)13-6-3-4-7-17(13)28-2)11-31-21-24-23-19(27)16-10-14(25-26(16)21)18-8-5-9-30-18/h3-9,14,16,25H,10-11H2,1-2H3,(H,23,27). The second-order valence-electron chi connectivity index (χ2n) is 7.20. The summed E-state index contributed by atoms with van der Waals surface area (Å²) >= 11 is 3.19. The summed E-state index contributed by atoms with van der Waals surface area (Å²) in [5.74, 6) is 2.46. The molecule has 4 heterocycles. The highest BCUT2D eigenvalue weighted by Gasteiger charge is 2.42. The Morgan fingerprint density at radius 1 is 1.32 bits per heavy atom. The van der Waals surface area contributed by atoms with Crippen LogP contribution in [-0.2, 0) is 10.5 Å². The lowest BCUT2D eigenvalue weighted by Gasteiger charge is -2.29. The normalized spacial score (nSPS) is 20.4. The number of hydrazone groups is 1. The Kier molecular flexibility index (Phi) is 5.43. The number of rotatable bonds is 5. The van der Waals surface area contributed by atoms with Crippen LogP contribution in [0.15, 0.2) is 51.3 Å². The molecule has 5 rings (SSSR count). The van der Waals surface area contributed by atoms with E-state index in [1.165, 1.54) is 16.6 Å². The Hall–Kier alpha value is -2.82. The quantitative estimate of drug-likeness (QED) is 0.606. The number of nitrogens with one attached hydrogen (secondary N) is 2. The van der Waals surface area contributed by atoms with Crippen LogP contribution in [0.25, 0.3) is 11.5 Å². The van der Waals surface area contributed by atoms with Gasteiger partial charge in [0.25, 0.3) is 5.91 Å². The van der Waals surface area contributed by atoms with Crippen molar-refractivity contribution >= 4 is 34.2 Å². The van der Waals surface area contributed by atoms with Crippen LogP contribution in [0.5, 0.6) is 5.75 Å². The summed E-state index contributed by atoms with van der Waals surface area (Å²) in [7, 11) is 1.63. The van der Waals surface area contributed by atoms with Gasteiger partial charge in [-0.15, -0.1) is 16.4 Å². The molecule has 160 valence electrons. The third-order valence-electron chi connectivity index (χ3n) is 5.29. The molecule has 3 aromatic rings. The average molecular weight is 456 g/mol. The van der Waals surface area contributed by atoms with Gasteiger partial charge in [-0.1, -0.05) is 30.0 Å². The van der Waals surface area contributed by atoms with Crippen molar-refractivity contribution in [3.63, 3.8) is 0 Å². The Morgan fingerprint density at radius 3 is 3.00 bits per heavy atom. The first-order chi connectivity index (χ1) is 15.1. The topological polar surface area (TPSA) is 92.0 Å². The molecule has 2 atom stereocenters. The number of aromatic nitrogens is 1. The summed E-state index contributed by atoms with van der Waals surface area (Å²) in [4.78, 5) is 18.2. The Morgan fingerprint density at radius 2 is 2.19 bits per heavy atom. The number of nitrogens with zero attached hydrogens (tertiary/aromatic N) is 3. The molecule has 10 heteroatoms. The van der Waals surface area contributed by atoms with Crippen molar-refractivity contribution in [3.05, 3.63) is 58.1 Å². The molecule has 0 aliphatic carbocycles. The van der Waals surface area contributed by atoms with E-state index in [1.807, 2.05) is 47.6 Å². The number of aryl methyl sites for hydroxylation is 1. The molecule has 1 aromatic carbocycles. The van der Waals surface area contributed by atoms with E-state index >= 15 is 0 Å². The monoisotopic (exact) mass is 455 g/mol. The number of ether oxygens (including phenoxy) is 1. The number of thiophene rings is 1. The molecule has 2 N–H and O–H groups in total. The van der Waals surface area contributed by atoms with Crippen LogP contribution in [0, 0.1) is 6.92 Å². The maximum absolute atomic E-state index is 12.3. The second-order valence-corrected chi connectivity index (χ2v) is 9.12. The first-order valence-corrected chi connectivity index (χ1v) is 11.7. The van der Waals surface area contributed by atoms with Gasteiger partial charge in [-0.05, 0) is 30.5 Å². The summed E-state index contributed by atoms with van der Waals surface area (Å²) in [5.41, 5.74) is 7.74. The van der Waals surface area contributed by atoms with Gasteiger partial charge in [-0.25, -0.2) is 15.8 Å². The van der Waals surface area contributed by atoms with Crippen molar-refractivity contribution in [2.45, 2.75) is 31.2 Å². The van der Waals surface area contributed by atoms with E-state index in [1.54, 1.807) is 18.4 Å². The number of amidine groups is 1. The molecule has 31 heavy (non-hydrogen) atoms. The molecular weight excluding hydrogens is 434 g/mol. The predicted octanol–water partition coefficient (Wildman–Crippen LogP) is 3.67. The third kappa shape index (κ3) is 3.82. The first kappa shape index (κ1) is 20.1. The number of thioether (sulfide) groups is 1. The number of fused-ring (bicyclic) bond motifs is 1. The zero-order valence-corrected chi connectivity index (χ0v) is 18.6. The van der Waals surface area contributed by atoms with E-state index in [-0.39, 0.29) is 18.0 Å². The first-order valence-electron chi connectivity index (χ1n) is 9.83. The maximum atomic E-state index is 12.3. The predicted molar refractivity (Wildman–Crippen MR) is 121 cm³/mol. The van der Waals surface area contributed by atoms with Crippen LogP contribution < -0.4 is 15.6 Å². The molecule has 1 amide bonds. The molecule has 2 unspecified atom stereocenters. The van der Waals surface area contributed by atoms with Gasteiger partial charge in [0, 0.05) is 17.1 Å². The summed E-state index contributed by atoms with van der Waals surface area (Å²) < 4.78 is 11.3. The second kappa shape index (κ2) is 8.37. The molecule has 0 spiro atoms. The highest BCUT2D eigenvalue weighted by molar-refractivity contribution is 8.13. The molecule has 2 aliphatic heterocycles. The third-order valence-corrected chi connectivity index (χ3v) is 7.24. The molecule has 2 aliphatic rings. The van der Waals surface area contributed by atoms with Crippen molar-refractivity contribution < 1.29 is 13.9 Å². The van der Waals surface area contributed by atoms with E-state index in [0.29, 0.717) is 29.0 Å². The summed E-state index contributed by atoms with van der Waals surface area (Å²) in [6, 6.07) is 11.6. The lowest BCUT2D eigenvalue weighted by Crippen LogP contribution is -2.52. The largest absolute Gasteiger partial charge is 0.496 e. The van der Waals surface area contributed by atoms with Crippen LogP contribution in [0.4, 0.5) is 0 Å². The van der Waals surface area contributed by atoms with E-state index in [0.717, 1.165) is 17.0 Å². The minimum Gasteiger partial charge on any atom is -0.496 e. The summed E-state index contributed by atoms with van der Waals surface area (Å²) in [6.07, 6.45) is 0.701. The average Bonchev–Trinajstić information content (AvgIpc) is 3.53. The van der Waals surface area contributed by atoms with E-state index in [9.17, 15) is 4.79 Å². The van der Waals surface area contributed by atoms with Crippen molar-refractivity contribution in [1.29, 1.82) is 0 Å². The minimum atomic E-state index is -0.283. The van der Waals surface area contributed by atoms with Crippen molar-refractivity contribution in [2.24, 2.45) is 5.10 Å². The molecule has 1 fully saturated rings. The van der Waals surface area contributed by atoms with E-state index in [4.69, 9.17) is 9.15 Å². The Balaban J connectivity index is 1.32. The zero-order chi connectivity index (χ0) is 21.4. The van der Waals surface area contributed by atoms with Crippen molar-refractivity contribution in [1.82, 2.24) is 20.8 Å².